The van der Waals surface area contributed by atoms with Gasteiger partial charge in [0.05, 0.1) is 12.7 Å². The summed E-state index contributed by atoms with van der Waals surface area (Å²) in [5.74, 6) is 0.256. The molecule has 0 radical (unpaired) electrons. The molecule has 1 amide bonds. The van der Waals surface area contributed by atoms with Crippen LogP contribution < -0.4 is 15.0 Å². The Balaban J connectivity index is 1.93. The fraction of sp³-hybridized carbons (Fsp3) is 0.300. The average molecular weight is 340 g/mol. The van der Waals surface area contributed by atoms with E-state index in [0.29, 0.717) is 11.3 Å². The number of carbonyl (C=O) groups is 2. The van der Waals surface area contributed by atoms with Crippen molar-refractivity contribution in [3.63, 3.8) is 0 Å². The second kappa shape index (κ2) is 8.33. The lowest BCUT2D eigenvalue weighted by atomic mass is 10.0. The van der Waals surface area contributed by atoms with Crippen LogP contribution in [-0.2, 0) is 4.79 Å². The smallest absolute Gasteiger partial charge is 0.224 e. The molecular formula is C20H24N2O3. The number of hydrogen-bond acceptors (Lipinski definition) is 4. The second-order valence-corrected chi connectivity index (χ2v) is 6.12. The molecule has 2 aromatic carbocycles. The first-order valence-electron chi connectivity index (χ1n) is 8.16. The first-order chi connectivity index (χ1) is 11.9. The number of methoxy groups -OCH3 is 1. The number of hydrogen-bond donors (Lipinski definition) is 1. The fourth-order valence-electron chi connectivity index (χ4n) is 2.47. The van der Waals surface area contributed by atoms with Gasteiger partial charge in [0, 0.05) is 38.3 Å². The monoisotopic (exact) mass is 340 g/mol. The van der Waals surface area contributed by atoms with Crippen molar-refractivity contribution in [3.05, 3.63) is 53.6 Å². The molecular weight excluding hydrogens is 316 g/mol. The Labute approximate surface area is 148 Å². The SMILES string of the molecule is COc1ccc(C)cc1C(=O)CCC(=O)Nc1ccc(N(C)C)cc1. The number of amides is 1. The molecule has 0 bridgehead atoms. The van der Waals surface area contributed by atoms with E-state index in [1.54, 1.807) is 12.1 Å². The van der Waals surface area contributed by atoms with E-state index in [1.165, 1.54) is 7.11 Å². The van der Waals surface area contributed by atoms with Crippen LogP contribution in [0.25, 0.3) is 0 Å². The van der Waals surface area contributed by atoms with Crippen molar-refractivity contribution in [2.24, 2.45) is 0 Å². The molecule has 5 heteroatoms. The van der Waals surface area contributed by atoms with Crippen LogP contribution in [0.1, 0.15) is 28.8 Å². The lowest BCUT2D eigenvalue weighted by Gasteiger charge is -2.13. The molecule has 0 heterocycles. The predicted octanol–water partition coefficient (Wildman–Crippen LogP) is 3.67. The van der Waals surface area contributed by atoms with Gasteiger partial charge in [-0.25, -0.2) is 0 Å². The van der Waals surface area contributed by atoms with E-state index in [0.717, 1.165) is 16.9 Å². The molecule has 2 aromatic rings. The third kappa shape index (κ3) is 5.08. The minimum absolute atomic E-state index is 0.0985. The first kappa shape index (κ1) is 18.5. The van der Waals surface area contributed by atoms with Crippen molar-refractivity contribution < 1.29 is 14.3 Å². The number of nitrogens with zero attached hydrogens (tertiary/aromatic N) is 1. The van der Waals surface area contributed by atoms with Crippen LogP contribution in [0.5, 0.6) is 5.75 Å². The van der Waals surface area contributed by atoms with Crippen LogP contribution in [0, 0.1) is 6.92 Å². The highest BCUT2D eigenvalue weighted by atomic mass is 16.5. The van der Waals surface area contributed by atoms with Gasteiger partial charge in [-0.15, -0.1) is 0 Å². The number of anilines is 2. The Morgan fingerprint density at radius 2 is 1.72 bits per heavy atom. The maximum atomic E-state index is 12.4. The lowest BCUT2D eigenvalue weighted by molar-refractivity contribution is -0.116. The molecule has 132 valence electrons. The topological polar surface area (TPSA) is 58.6 Å². The molecule has 0 aliphatic rings. The van der Waals surface area contributed by atoms with Gasteiger partial charge in [-0.2, -0.15) is 0 Å². The zero-order valence-corrected chi connectivity index (χ0v) is 15.1. The molecule has 0 aliphatic carbocycles. The molecule has 0 fully saturated rings. The number of benzene rings is 2. The van der Waals surface area contributed by atoms with E-state index in [9.17, 15) is 9.59 Å². The highest BCUT2D eigenvalue weighted by Crippen LogP contribution is 2.22. The van der Waals surface area contributed by atoms with Crippen LogP contribution in [0.15, 0.2) is 42.5 Å². The quantitative estimate of drug-likeness (QED) is 0.781. The zero-order valence-electron chi connectivity index (χ0n) is 15.1. The van der Waals surface area contributed by atoms with Crippen molar-refractivity contribution in [1.29, 1.82) is 0 Å². The Morgan fingerprint density at radius 1 is 1.04 bits per heavy atom. The predicted molar refractivity (Wildman–Crippen MR) is 101 cm³/mol. The van der Waals surface area contributed by atoms with Crippen LogP contribution in [-0.4, -0.2) is 32.9 Å². The summed E-state index contributed by atoms with van der Waals surface area (Å²) in [5.41, 5.74) is 3.27. The molecule has 1 N–H and O–H groups in total. The zero-order chi connectivity index (χ0) is 18.4. The first-order valence-corrected chi connectivity index (χ1v) is 8.16. The average Bonchev–Trinajstić information content (AvgIpc) is 2.60. The van der Waals surface area contributed by atoms with E-state index in [4.69, 9.17) is 4.74 Å². The minimum atomic E-state index is -0.183. The molecule has 0 aliphatic heterocycles. The molecule has 5 nitrogen and oxygen atoms in total. The molecule has 25 heavy (non-hydrogen) atoms. The second-order valence-electron chi connectivity index (χ2n) is 6.12. The van der Waals surface area contributed by atoms with Crippen molar-refractivity contribution in [2.75, 3.05) is 31.4 Å². The van der Waals surface area contributed by atoms with E-state index in [2.05, 4.69) is 5.32 Å². The third-order valence-electron chi connectivity index (χ3n) is 3.90. The van der Waals surface area contributed by atoms with Crippen LogP contribution in [0.2, 0.25) is 0 Å². The molecule has 0 unspecified atom stereocenters. The standard InChI is InChI=1S/C20H24N2O3/c1-14-5-11-19(25-4)17(13-14)18(23)10-12-20(24)21-15-6-8-16(9-7-15)22(2)3/h5-9,11,13H,10,12H2,1-4H3,(H,21,24). The fourth-order valence-corrected chi connectivity index (χ4v) is 2.47. The van der Waals surface area contributed by atoms with Crippen molar-refractivity contribution in [2.45, 2.75) is 19.8 Å². The van der Waals surface area contributed by atoms with Crippen molar-refractivity contribution in [3.8, 4) is 5.75 Å². The summed E-state index contributed by atoms with van der Waals surface area (Å²) in [4.78, 5) is 26.5. The maximum absolute atomic E-state index is 12.4. The Hall–Kier alpha value is -2.82. The van der Waals surface area contributed by atoms with Gasteiger partial charge in [0.25, 0.3) is 0 Å². The highest BCUT2D eigenvalue weighted by molar-refractivity contribution is 6.01. The van der Waals surface area contributed by atoms with Gasteiger partial charge >= 0.3 is 0 Å². The summed E-state index contributed by atoms with van der Waals surface area (Å²) < 4.78 is 5.23. The number of ketones is 1. The number of rotatable bonds is 7. The minimum Gasteiger partial charge on any atom is -0.496 e. The molecule has 0 saturated heterocycles. The number of Topliss-reactive ketones (excluding diaryl/α,β-unsaturated/α-hetero) is 1. The molecule has 0 spiro atoms. The molecule has 2 rings (SSSR count). The number of carbonyl (C=O) groups excluding carboxylic acids is 2. The molecule has 0 aromatic heterocycles. The summed E-state index contributed by atoms with van der Waals surface area (Å²) in [6.07, 6.45) is 0.271. The van der Waals surface area contributed by atoms with Gasteiger partial charge in [0.2, 0.25) is 5.91 Å². The van der Waals surface area contributed by atoms with Gasteiger partial charge < -0.3 is 15.0 Å². The molecule has 0 saturated carbocycles. The summed E-state index contributed by atoms with van der Waals surface area (Å²) in [5, 5.41) is 2.81. The summed E-state index contributed by atoms with van der Waals surface area (Å²) in [6, 6.07) is 13.0. The highest BCUT2D eigenvalue weighted by Gasteiger charge is 2.14. The maximum Gasteiger partial charge on any atom is 0.224 e. The number of aryl methyl sites for hydroxylation is 1. The van der Waals surface area contributed by atoms with Crippen LogP contribution in [0.4, 0.5) is 11.4 Å². The van der Waals surface area contributed by atoms with Crippen molar-refractivity contribution in [1.82, 2.24) is 0 Å². The summed E-state index contributed by atoms with van der Waals surface area (Å²) in [6.45, 7) is 1.92. The normalized spacial score (nSPS) is 10.2. The van der Waals surface area contributed by atoms with Crippen LogP contribution >= 0.6 is 0 Å². The van der Waals surface area contributed by atoms with Crippen molar-refractivity contribution >= 4 is 23.1 Å². The van der Waals surface area contributed by atoms with E-state index >= 15 is 0 Å². The summed E-state index contributed by atoms with van der Waals surface area (Å²) in [7, 11) is 5.45. The van der Waals surface area contributed by atoms with E-state index in [-0.39, 0.29) is 24.5 Å². The van der Waals surface area contributed by atoms with Crippen LogP contribution in [0.3, 0.4) is 0 Å². The van der Waals surface area contributed by atoms with Gasteiger partial charge in [0.1, 0.15) is 5.75 Å². The Bertz CT molecular complexity index is 752. The number of nitrogens with one attached hydrogen (secondary N) is 1. The Morgan fingerprint density at radius 3 is 2.32 bits per heavy atom. The third-order valence-corrected chi connectivity index (χ3v) is 3.90. The lowest BCUT2D eigenvalue weighted by Crippen LogP contribution is -2.14. The van der Waals surface area contributed by atoms with E-state index in [1.807, 2.05) is 56.3 Å². The van der Waals surface area contributed by atoms with Gasteiger partial charge in [-0.1, -0.05) is 11.6 Å². The summed E-state index contributed by atoms with van der Waals surface area (Å²) >= 11 is 0. The van der Waals surface area contributed by atoms with Gasteiger partial charge in [0.15, 0.2) is 5.78 Å². The van der Waals surface area contributed by atoms with E-state index < -0.39 is 0 Å². The Kier molecular flexibility index (Phi) is 6.17. The molecule has 0 atom stereocenters. The number of ether oxygens (including phenoxy) is 1. The van der Waals surface area contributed by atoms with Gasteiger partial charge in [-0.3, -0.25) is 9.59 Å². The largest absolute Gasteiger partial charge is 0.496 e. The van der Waals surface area contributed by atoms with Gasteiger partial charge in [-0.05, 0) is 43.3 Å².